The SMILES string of the molecule is Cc1onc(-c2ccccc2)c1C(=O)NC(CC(C)C)C(=O)NC(Cc1ccc(OCc2ccccc2)cc1)C(=O)OC(C)(C)C. The van der Waals surface area contributed by atoms with E-state index in [4.69, 9.17) is 14.0 Å². The van der Waals surface area contributed by atoms with Crippen molar-refractivity contribution in [3.63, 3.8) is 0 Å². The van der Waals surface area contributed by atoms with Gasteiger partial charge in [0.25, 0.3) is 5.91 Å². The Labute approximate surface area is 270 Å². The van der Waals surface area contributed by atoms with Crippen LogP contribution in [0, 0.1) is 12.8 Å². The number of carbonyl (C=O) groups is 3. The van der Waals surface area contributed by atoms with Crippen molar-refractivity contribution in [1.29, 1.82) is 0 Å². The smallest absolute Gasteiger partial charge is 0.329 e. The Morgan fingerprint density at radius 2 is 1.46 bits per heavy atom. The lowest BCUT2D eigenvalue weighted by atomic mass is 10.00. The van der Waals surface area contributed by atoms with Crippen LogP contribution >= 0.6 is 0 Å². The summed E-state index contributed by atoms with van der Waals surface area (Å²) in [7, 11) is 0. The van der Waals surface area contributed by atoms with Crippen LogP contribution in [-0.2, 0) is 27.4 Å². The minimum Gasteiger partial charge on any atom is -0.489 e. The highest BCUT2D eigenvalue weighted by Crippen LogP contribution is 2.25. The summed E-state index contributed by atoms with van der Waals surface area (Å²) in [5.74, 6) is -0.459. The number of carbonyl (C=O) groups excluding carboxylic acids is 3. The first-order chi connectivity index (χ1) is 21.9. The van der Waals surface area contributed by atoms with E-state index < -0.39 is 35.5 Å². The van der Waals surface area contributed by atoms with E-state index in [9.17, 15) is 14.4 Å². The number of nitrogens with one attached hydrogen (secondary N) is 2. The number of aromatic nitrogens is 1. The highest BCUT2D eigenvalue weighted by Gasteiger charge is 2.32. The van der Waals surface area contributed by atoms with E-state index in [0.717, 1.165) is 16.7 Å². The number of aryl methyl sites for hydroxylation is 1. The van der Waals surface area contributed by atoms with Crippen molar-refractivity contribution >= 4 is 17.8 Å². The lowest BCUT2D eigenvalue weighted by Gasteiger charge is -2.27. The van der Waals surface area contributed by atoms with E-state index >= 15 is 0 Å². The van der Waals surface area contributed by atoms with Crippen LogP contribution in [0.3, 0.4) is 0 Å². The molecule has 2 unspecified atom stereocenters. The Morgan fingerprint density at radius 1 is 0.826 bits per heavy atom. The summed E-state index contributed by atoms with van der Waals surface area (Å²) in [6.07, 6.45) is 0.530. The maximum Gasteiger partial charge on any atom is 0.329 e. The maximum absolute atomic E-state index is 13.8. The van der Waals surface area contributed by atoms with Crippen LogP contribution in [0.4, 0.5) is 0 Å². The van der Waals surface area contributed by atoms with Gasteiger partial charge in [-0.2, -0.15) is 0 Å². The normalized spacial score (nSPS) is 12.7. The molecule has 0 fully saturated rings. The van der Waals surface area contributed by atoms with Crippen LogP contribution in [0.5, 0.6) is 5.75 Å². The molecule has 3 aromatic carbocycles. The molecule has 9 heteroatoms. The first-order valence-electron chi connectivity index (χ1n) is 15.5. The van der Waals surface area contributed by atoms with Gasteiger partial charge in [0.1, 0.15) is 47.1 Å². The monoisotopic (exact) mass is 625 g/mol. The first-order valence-corrected chi connectivity index (χ1v) is 15.5. The van der Waals surface area contributed by atoms with E-state index in [2.05, 4.69) is 15.8 Å². The molecule has 46 heavy (non-hydrogen) atoms. The van der Waals surface area contributed by atoms with E-state index in [1.807, 2.05) is 98.8 Å². The Hall–Kier alpha value is -4.92. The van der Waals surface area contributed by atoms with Crippen molar-refractivity contribution in [2.75, 3.05) is 0 Å². The third-order valence-corrected chi connectivity index (χ3v) is 7.09. The zero-order chi connectivity index (χ0) is 33.3. The second-order valence-corrected chi connectivity index (χ2v) is 12.7. The molecule has 1 heterocycles. The molecule has 0 saturated carbocycles. The van der Waals surface area contributed by atoms with Gasteiger partial charge < -0.3 is 24.6 Å². The number of nitrogens with zero attached hydrogens (tertiary/aromatic N) is 1. The van der Waals surface area contributed by atoms with Gasteiger partial charge in [0.05, 0.1) is 0 Å². The maximum atomic E-state index is 13.8. The summed E-state index contributed by atoms with van der Waals surface area (Å²) in [6.45, 7) is 11.3. The summed E-state index contributed by atoms with van der Waals surface area (Å²) in [5, 5.41) is 9.84. The standard InChI is InChI=1S/C37H43N3O6/c1-24(2)21-30(38-35(42)32-25(3)46-40-33(32)28-15-11-8-12-16-28)34(41)39-31(36(43)45-37(4,5)6)22-26-17-19-29(20-18-26)44-23-27-13-9-7-10-14-27/h7-20,24,30-31H,21-23H2,1-6H3,(H,38,42)(H,39,41). The molecule has 4 rings (SSSR count). The fourth-order valence-electron chi connectivity index (χ4n) is 4.90. The van der Waals surface area contributed by atoms with Gasteiger partial charge in [-0.3, -0.25) is 9.59 Å². The summed E-state index contributed by atoms with van der Waals surface area (Å²) < 4.78 is 16.9. The molecule has 1 aromatic heterocycles. The van der Waals surface area contributed by atoms with Crippen molar-refractivity contribution in [1.82, 2.24) is 15.8 Å². The number of amides is 2. The fourth-order valence-corrected chi connectivity index (χ4v) is 4.90. The Balaban J connectivity index is 1.50. The molecular formula is C37H43N3O6. The molecule has 0 aliphatic carbocycles. The fraction of sp³-hybridized carbons (Fsp3) is 0.351. The van der Waals surface area contributed by atoms with Gasteiger partial charge in [-0.1, -0.05) is 91.8 Å². The van der Waals surface area contributed by atoms with Gasteiger partial charge >= 0.3 is 5.97 Å². The molecule has 0 aliphatic rings. The van der Waals surface area contributed by atoms with E-state index in [1.165, 1.54) is 0 Å². The van der Waals surface area contributed by atoms with E-state index in [1.54, 1.807) is 27.7 Å². The molecule has 0 bridgehead atoms. The number of benzene rings is 3. The molecule has 0 spiro atoms. The second kappa shape index (κ2) is 15.4. The number of esters is 1. The summed E-state index contributed by atoms with van der Waals surface area (Å²) in [6, 6.07) is 24.5. The second-order valence-electron chi connectivity index (χ2n) is 12.7. The summed E-state index contributed by atoms with van der Waals surface area (Å²) >= 11 is 0. The van der Waals surface area contributed by atoms with Crippen molar-refractivity contribution in [3.05, 3.63) is 107 Å². The minimum atomic E-state index is -0.994. The van der Waals surface area contributed by atoms with Gasteiger partial charge in [-0.25, -0.2) is 4.79 Å². The Bertz CT molecular complexity index is 1590. The molecule has 4 aromatic rings. The van der Waals surface area contributed by atoms with Crippen LogP contribution in [-0.4, -0.2) is 40.6 Å². The van der Waals surface area contributed by atoms with Crippen LogP contribution < -0.4 is 15.4 Å². The molecule has 0 saturated heterocycles. The topological polar surface area (TPSA) is 120 Å². The van der Waals surface area contributed by atoms with Gasteiger partial charge in [0, 0.05) is 12.0 Å². The van der Waals surface area contributed by atoms with Crippen molar-refractivity contribution in [3.8, 4) is 17.0 Å². The van der Waals surface area contributed by atoms with Crippen LogP contribution in [0.25, 0.3) is 11.3 Å². The number of hydrogen-bond donors (Lipinski definition) is 2. The van der Waals surface area contributed by atoms with Gasteiger partial charge in [0.15, 0.2) is 0 Å². The third kappa shape index (κ3) is 9.79. The molecule has 2 atom stereocenters. The molecule has 0 aliphatic heterocycles. The zero-order valence-corrected chi connectivity index (χ0v) is 27.3. The highest BCUT2D eigenvalue weighted by atomic mass is 16.6. The quantitative estimate of drug-likeness (QED) is 0.164. The minimum absolute atomic E-state index is 0.0663. The molecule has 0 radical (unpaired) electrons. The van der Waals surface area contributed by atoms with Crippen LogP contribution in [0.2, 0.25) is 0 Å². The van der Waals surface area contributed by atoms with Crippen LogP contribution in [0.15, 0.2) is 89.5 Å². The summed E-state index contributed by atoms with van der Waals surface area (Å²) in [5.41, 5.74) is 2.46. The van der Waals surface area contributed by atoms with Gasteiger partial charge in [-0.05, 0) is 63.3 Å². The number of rotatable bonds is 13. The third-order valence-electron chi connectivity index (χ3n) is 7.09. The lowest BCUT2D eigenvalue weighted by molar-refractivity contribution is -0.158. The van der Waals surface area contributed by atoms with Crippen LogP contribution in [0.1, 0.15) is 68.3 Å². The van der Waals surface area contributed by atoms with Gasteiger partial charge in [-0.15, -0.1) is 0 Å². The van der Waals surface area contributed by atoms with E-state index in [-0.39, 0.29) is 17.9 Å². The molecule has 9 nitrogen and oxygen atoms in total. The predicted molar refractivity (Wildman–Crippen MR) is 176 cm³/mol. The first kappa shape index (κ1) is 34.0. The largest absolute Gasteiger partial charge is 0.489 e. The molecule has 2 N–H and O–H groups in total. The predicted octanol–water partition coefficient (Wildman–Crippen LogP) is 6.44. The molecule has 242 valence electrons. The molecule has 2 amide bonds. The average molecular weight is 626 g/mol. The van der Waals surface area contributed by atoms with Crippen molar-refractivity contribution < 1.29 is 28.4 Å². The number of ether oxygens (including phenoxy) is 2. The van der Waals surface area contributed by atoms with E-state index in [0.29, 0.717) is 30.2 Å². The van der Waals surface area contributed by atoms with Gasteiger partial charge in [0.2, 0.25) is 5.91 Å². The average Bonchev–Trinajstić information content (AvgIpc) is 3.41. The zero-order valence-electron chi connectivity index (χ0n) is 27.3. The molecular weight excluding hydrogens is 582 g/mol. The lowest BCUT2D eigenvalue weighted by Crippen LogP contribution is -2.53. The Kier molecular flexibility index (Phi) is 11.4. The Morgan fingerprint density at radius 3 is 2.07 bits per heavy atom. The highest BCUT2D eigenvalue weighted by molar-refractivity contribution is 6.03. The number of hydrogen-bond acceptors (Lipinski definition) is 7. The van der Waals surface area contributed by atoms with Crippen molar-refractivity contribution in [2.45, 2.75) is 78.7 Å². The van der Waals surface area contributed by atoms with Crippen molar-refractivity contribution in [2.24, 2.45) is 5.92 Å². The summed E-state index contributed by atoms with van der Waals surface area (Å²) in [4.78, 5) is 40.7.